The van der Waals surface area contributed by atoms with Crippen molar-refractivity contribution in [1.29, 1.82) is 0 Å². The molecule has 27 heavy (non-hydrogen) atoms. The first kappa shape index (κ1) is 17.8. The molecule has 2 heterocycles. The van der Waals surface area contributed by atoms with E-state index in [4.69, 9.17) is 0 Å². The number of hydrogen-bond donors (Lipinski definition) is 0. The smallest absolute Gasteiger partial charge is 0.159 e. The van der Waals surface area contributed by atoms with Gasteiger partial charge in [0.2, 0.25) is 0 Å². The van der Waals surface area contributed by atoms with Crippen LogP contribution in [0.5, 0.6) is 0 Å². The Morgan fingerprint density at radius 1 is 0.741 bits per heavy atom. The molecule has 0 spiro atoms. The van der Waals surface area contributed by atoms with Gasteiger partial charge in [-0.1, -0.05) is 42.5 Å². The lowest BCUT2D eigenvalue weighted by molar-refractivity contribution is 0.122. The molecule has 2 aromatic carbocycles. The van der Waals surface area contributed by atoms with E-state index in [1.165, 1.54) is 6.07 Å². The molecule has 0 saturated carbocycles. The summed E-state index contributed by atoms with van der Waals surface area (Å²) < 4.78 is 13.3. The average Bonchev–Trinajstić information content (AvgIpc) is 2.71. The standard InChI is InChI=1S/C22H23FN4/c23-21-8-4-5-18(13-21)16-26-9-11-27(12-10-26)17-19-14-24-22(25-15-19)20-6-2-1-3-7-20/h1-8,13-15H,9-12,16-17H2. The number of hydrogen-bond acceptors (Lipinski definition) is 4. The summed E-state index contributed by atoms with van der Waals surface area (Å²) in [4.78, 5) is 13.8. The lowest BCUT2D eigenvalue weighted by Crippen LogP contribution is -2.45. The number of nitrogens with zero attached hydrogens (tertiary/aromatic N) is 4. The molecule has 0 amide bonds. The minimum Gasteiger partial charge on any atom is -0.297 e. The predicted octanol–water partition coefficient (Wildman–Crippen LogP) is 3.60. The van der Waals surface area contributed by atoms with E-state index in [1.807, 2.05) is 48.8 Å². The van der Waals surface area contributed by atoms with Gasteiger partial charge in [-0.05, 0) is 17.7 Å². The van der Waals surface area contributed by atoms with Crippen LogP contribution in [0.25, 0.3) is 11.4 Å². The highest BCUT2D eigenvalue weighted by atomic mass is 19.1. The summed E-state index contributed by atoms with van der Waals surface area (Å²) in [5.74, 6) is 0.601. The van der Waals surface area contributed by atoms with Crippen LogP contribution in [0.1, 0.15) is 11.1 Å². The maximum absolute atomic E-state index is 13.3. The van der Waals surface area contributed by atoms with Gasteiger partial charge in [-0.25, -0.2) is 14.4 Å². The first-order valence-corrected chi connectivity index (χ1v) is 9.32. The maximum atomic E-state index is 13.3. The molecule has 5 heteroatoms. The van der Waals surface area contributed by atoms with Crippen LogP contribution in [-0.4, -0.2) is 45.9 Å². The molecular weight excluding hydrogens is 339 g/mol. The Morgan fingerprint density at radius 3 is 2.00 bits per heavy atom. The van der Waals surface area contributed by atoms with Crippen molar-refractivity contribution in [2.75, 3.05) is 26.2 Å². The molecule has 0 aliphatic carbocycles. The summed E-state index contributed by atoms with van der Waals surface area (Å²) in [5.41, 5.74) is 3.21. The predicted molar refractivity (Wildman–Crippen MR) is 104 cm³/mol. The van der Waals surface area contributed by atoms with Crippen molar-refractivity contribution in [2.45, 2.75) is 13.1 Å². The van der Waals surface area contributed by atoms with Crippen molar-refractivity contribution in [1.82, 2.24) is 19.8 Å². The van der Waals surface area contributed by atoms with E-state index in [1.54, 1.807) is 12.1 Å². The van der Waals surface area contributed by atoms with E-state index in [2.05, 4.69) is 19.8 Å². The van der Waals surface area contributed by atoms with E-state index < -0.39 is 0 Å². The molecule has 1 saturated heterocycles. The van der Waals surface area contributed by atoms with Crippen molar-refractivity contribution < 1.29 is 4.39 Å². The molecular formula is C22H23FN4. The first-order valence-electron chi connectivity index (χ1n) is 9.32. The Balaban J connectivity index is 1.29. The average molecular weight is 362 g/mol. The van der Waals surface area contributed by atoms with E-state index in [9.17, 15) is 4.39 Å². The van der Waals surface area contributed by atoms with Gasteiger partial charge in [0.1, 0.15) is 5.82 Å². The van der Waals surface area contributed by atoms with Crippen molar-refractivity contribution in [3.63, 3.8) is 0 Å². The van der Waals surface area contributed by atoms with Gasteiger partial charge < -0.3 is 0 Å². The highest BCUT2D eigenvalue weighted by Crippen LogP contribution is 2.15. The molecule has 0 N–H and O–H groups in total. The molecule has 4 rings (SSSR count). The molecule has 0 bridgehead atoms. The van der Waals surface area contributed by atoms with Crippen LogP contribution in [0.3, 0.4) is 0 Å². The van der Waals surface area contributed by atoms with Gasteiger partial charge in [0, 0.05) is 62.8 Å². The van der Waals surface area contributed by atoms with Crippen molar-refractivity contribution >= 4 is 0 Å². The zero-order valence-corrected chi connectivity index (χ0v) is 15.3. The Morgan fingerprint density at radius 2 is 1.37 bits per heavy atom. The van der Waals surface area contributed by atoms with E-state index in [0.717, 1.165) is 61.8 Å². The summed E-state index contributed by atoms with van der Waals surface area (Å²) in [6, 6.07) is 16.9. The molecule has 0 radical (unpaired) electrons. The number of aromatic nitrogens is 2. The number of rotatable bonds is 5. The normalized spacial score (nSPS) is 15.7. The fourth-order valence-electron chi connectivity index (χ4n) is 3.43. The van der Waals surface area contributed by atoms with Gasteiger partial charge in [0.15, 0.2) is 5.82 Å². The van der Waals surface area contributed by atoms with E-state index >= 15 is 0 Å². The Kier molecular flexibility index (Phi) is 5.51. The Labute approximate surface area is 159 Å². The van der Waals surface area contributed by atoms with Gasteiger partial charge in [0.25, 0.3) is 0 Å². The van der Waals surface area contributed by atoms with E-state index in [-0.39, 0.29) is 5.82 Å². The van der Waals surface area contributed by atoms with E-state index in [0.29, 0.717) is 0 Å². The zero-order valence-electron chi connectivity index (χ0n) is 15.3. The quantitative estimate of drug-likeness (QED) is 0.694. The second kappa shape index (κ2) is 8.37. The Hall–Kier alpha value is -2.63. The zero-order chi connectivity index (χ0) is 18.5. The van der Waals surface area contributed by atoms with Gasteiger partial charge in [-0.3, -0.25) is 9.80 Å². The summed E-state index contributed by atoms with van der Waals surface area (Å²) in [7, 11) is 0. The molecule has 1 fully saturated rings. The van der Waals surface area contributed by atoms with Crippen LogP contribution in [0.4, 0.5) is 4.39 Å². The van der Waals surface area contributed by atoms with Gasteiger partial charge in [-0.2, -0.15) is 0 Å². The van der Waals surface area contributed by atoms with Crippen LogP contribution in [0.2, 0.25) is 0 Å². The van der Waals surface area contributed by atoms with Gasteiger partial charge >= 0.3 is 0 Å². The minimum absolute atomic E-state index is 0.162. The number of halogens is 1. The van der Waals surface area contributed by atoms with Crippen LogP contribution < -0.4 is 0 Å². The van der Waals surface area contributed by atoms with Crippen LogP contribution in [-0.2, 0) is 13.1 Å². The highest BCUT2D eigenvalue weighted by Gasteiger charge is 2.17. The third kappa shape index (κ3) is 4.76. The van der Waals surface area contributed by atoms with Crippen LogP contribution >= 0.6 is 0 Å². The lowest BCUT2D eigenvalue weighted by Gasteiger charge is -2.34. The molecule has 1 aliphatic rings. The molecule has 4 nitrogen and oxygen atoms in total. The number of piperazine rings is 1. The fraction of sp³-hybridized carbons (Fsp3) is 0.273. The molecule has 1 aromatic heterocycles. The summed E-state index contributed by atoms with van der Waals surface area (Å²) in [6.07, 6.45) is 3.85. The lowest BCUT2D eigenvalue weighted by atomic mass is 10.2. The fourth-order valence-corrected chi connectivity index (χ4v) is 3.43. The second-order valence-electron chi connectivity index (χ2n) is 6.96. The van der Waals surface area contributed by atoms with Crippen LogP contribution in [0.15, 0.2) is 67.0 Å². The SMILES string of the molecule is Fc1cccc(CN2CCN(Cc3cnc(-c4ccccc4)nc3)CC2)c1. The third-order valence-corrected chi connectivity index (χ3v) is 4.90. The third-order valence-electron chi connectivity index (χ3n) is 4.90. The monoisotopic (exact) mass is 362 g/mol. The summed E-state index contributed by atoms with van der Waals surface area (Å²) in [5, 5.41) is 0. The molecule has 1 aliphatic heterocycles. The van der Waals surface area contributed by atoms with Crippen molar-refractivity contribution in [2.24, 2.45) is 0 Å². The summed E-state index contributed by atoms with van der Waals surface area (Å²) in [6.45, 7) is 5.63. The highest BCUT2D eigenvalue weighted by molar-refractivity contribution is 5.53. The van der Waals surface area contributed by atoms with Crippen molar-refractivity contribution in [3.8, 4) is 11.4 Å². The first-order chi connectivity index (χ1) is 13.3. The minimum atomic E-state index is -0.162. The summed E-state index contributed by atoms with van der Waals surface area (Å²) >= 11 is 0. The maximum Gasteiger partial charge on any atom is 0.159 e. The van der Waals surface area contributed by atoms with Crippen molar-refractivity contribution in [3.05, 3.63) is 83.9 Å². The molecule has 138 valence electrons. The molecule has 0 atom stereocenters. The topological polar surface area (TPSA) is 32.3 Å². The molecule has 3 aromatic rings. The second-order valence-corrected chi connectivity index (χ2v) is 6.96. The Bertz CT molecular complexity index is 859. The van der Waals surface area contributed by atoms with Crippen LogP contribution in [0, 0.1) is 5.82 Å². The largest absolute Gasteiger partial charge is 0.297 e. The number of benzene rings is 2. The van der Waals surface area contributed by atoms with Gasteiger partial charge in [-0.15, -0.1) is 0 Å². The van der Waals surface area contributed by atoms with Gasteiger partial charge in [0.05, 0.1) is 0 Å². The molecule has 0 unspecified atom stereocenters.